The molecule has 0 saturated heterocycles. The molecule has 0 aliphatic rings. The van der Waals surface area contributed by atoms with E-state index in [4.69, 9.17) is 5.73 Å². The molecular weight excluding hydrogens is 400 g/mol. The predicted octanol–water partition coefficient (Wildman–Crippen LogP) is 2.41. The molecule has 30 heavy (non-hydrogen) atoms. The number of aromatic nitrogens is 4. The first-order chi connectivity index (χ1) is 14.6. The fraction of sp³-hybridized carbons (Fsp3) is 0.0952. The summed E-state index contributed by atoms with van der Waals surface area (Å²) in [7, 11) is 0. The number of carbonyl (C=O) groups excluding carboxylic acids is 2. The van der Waals surface area contributed by atoms with Crippen LogP contribution in [0, 0.1) is 0 Å². The van der Waals surface area contributed by atoms with Gasteiger partial charge < -0.3 is 11.1 Å². The highest BCUT2D eigenvalue weighted by molar-refractivity contribution is 7.10. The van der Waals surface area contributed by atoms with Crippen molar-refractivity contribution in [1.29, 1.82) is 0 Å². The van der Waals surface area contributed by atoms with Crippen molar-refractivity contribution in [3.05, 3.63) is 88.1 Å². The number of nitrogens with zero attached hydrogens (tertiary/aromatic N) is 4. The lowest BCUT2D eigenvalue weighted by molar-refractivity contribution is -0.122. The van der Waals surface area contributed by atoms with Crippen LogP contribution in [0.4, 0.5) is 0 Å². The van der Waals surface area contributed by atoms with Crippen molar-refractivity contribution in [2.24, 2.45) is 5.73 Å². The fourth-order valence-corrected chi connectivity index (χ4v) is 3.77. The Balaban J connectivity index is 1.46. The van der Waals surface area contributed by atoms with Crippen LogP contribution in [0.25, 0.3) is 11.4 Å². The summed E-state index contributed by atoms with van der Waals surface area (Å²) in [5.41, 5.74) is 7.31. The van der Waals surface area contributed by atoms with Crippen LogP contribution in [0.2, 0.25) is 0 Å². The molecule has 0 aliphatic carbocycles. The highest BCUT2D eigenvalue weighted by atomic mass is 32.1. The number of tetrazole rings is 1. The quantitative estimate of drug-likeness (QED) is 0.478. The third-order valence-electron chi connectivity index (χ3n) is 4.43. The zero-order valence-electron chi connectivity index (χ0n) is 15.8. The molecule has 0 bridgehead atoms. The van der Waals surface area contributed by atoms with Crippen molar-refractivity contribution in [3.63, 3.8) is 0 Å². The van der Waals surface area contributed by atoms with E-state index >= 15 is 0 Å². The topological polar surface area (TPSA) is 116 Å². The second-order valence-electron chi connectivity index (χ2n) is 6.51. The number of thiophene rings is 1. The van der Waals surface area contributed by atoms with Gasteiger partial charge in [0.05, 0.1) is 6.04 Å². The molecule has 1 atom stereocenters. The lowest BCUT2D eigenvalue weighted by Gasteiger charge is -2.17. The average Bonchev–Trinajstić information content (AvgIpc) is 3.45. The summed E-state index contributed by atoms with van der Waals surface area (Å²) in [5.74, 6) is -0.379. The second-order valence-corrected chi connectivity index (χ2v) is 7.49. The van der Waals surface area contributed by atoms with Crippen LogP contribution in [0.5, 0.6) is 0 Å². The first-order valence-corrected chi connectivity index (χ1v) is 10.0. The Hall–Kier alpha value is -3.85. The molecule has 3 N–H and O–H groups in total. The van der Waals surface area contributed by atoms with Crippen LogP contribution in [0.15, 0.2) is 72.1 Å². The molecule has 2 aromatic heterocycles. The minimum atomic E-state index is -0.506. The Morgan fingerprint density at radius 1 is 1.03 bits per heavy atom. The van der Waals surface area contributed by atoms with Crippen LogP contribution in [0.1, 0.15) is 26.8 Å². The van der Waals surface area contributed by atoms with Crippen molar-refractivity contribution < 1.29 is 9.59 Å². The van der Waals surface area contributed by atoms with Gasteiger partial charge in [0.1, 0.15) is 6.54 Å². The molecule has 0 spiro atoms. The molecule has 2 amide bonds. The summed E-state index contributed by atoms with van der Waals surface area (Å²) in [6, 6.07) is 20.0. The first kappa shape index (κ1) is 19.5. The monoisotopic (exact) mass is 418 g/mol. The summed E-state index contributed by atoms with van der Waals surface area (Å²) in [6.07, 6.45) is 0. The molecule has 0 fully saturated rings. The van der Waals surface area contributed by atoms with Gasteiger partial charge in [-0.15, -0.1) is 21.5 Å². The third kappa shape index (κ3) is 4.41. The maximum absolute atomic E-state index is 12.7. The minimum Gasteiger partial charge on any atom is -0.366 e. The van der Waals surface area contributed by atoms with E-state index in [0.29, 0.717) is 17.0 Å². The molecule has 9 heteroatoms. The maximum Gasteiger partial charge on any atom is 0.248 e. The number of primary amides is 1. The normalized spacial score (nSPS) is 11.7. The Morgan fingerprint density at radius 3 is 2.47 bits per heavy atom. The zero-order valence-corrected chi connectivity index (χ0v) is 16.6. The Morgan fingerprint density at radius 2 is 1.80 bits per heavy atom. The molecule has 0 radical (unpaired) electrons. The predicted molar refractivity (Wildman–Crippen MR) is 113 cm³/mol. The highest BCUT2D eigenvalue weighted by Gasteiger charge is 2.19. The number of amides is 2. The van der Waals surface area contributed by atoms with Gasteiger partial charge in [0.15, 0.2) is 0 Å². The van der Waals surface area contributed by atoms with Gasteiger partial charge in [0, 0.05) is 16.0 Å². The van der Waals surface area contributed by atoms with Gasteiger partial charge in [-0.05, 0) is 34.4 Å². The molecular formula is C21H18N6O2S. The summed E-state index contributed by atoms with van der Waals surface area (Å²) in [5, 5.41) is 17.2. The number of hydrogen-bond donors (Lipinski definition) is 2. The molecule has 2 aromatic carbocycles. The van der Waals surface area contributed by atoms with Gasteiger partial charge in [-0.3, -0.25) is 9.59 Å². The van der Waals surface area contributed by atoms with Crippen molar-refractivity contribution in [2.75, 3.05) is 0 Å². The van der Waals surface area contributed by atoms with Crippen LogP contribution in [-0.2, 0) is 11.3 Å². The molecule has 4 rings (SSSR count). The molecule has 4 aromatic rings. The van der Waals surface area contributed by atoms with Crippen molar-refractivity contribution in [2.45, 2.75) is 12.6 Å². The minimum absolute atomic E-state index is 0.0684. The highest BCUT2D eigenvalue weighted by Crippen LogP contribution is 2.25. The van der Waals surface area contributed by atoms with E-state index in [-0.39, 0.29) is 18.5 Å². The number of nitrogens with two attached hydrogens (primary N) is 1. The largest absolute Gasteiger partial charge is 0.366 e. The van der Waals surface area contributed by atoms with Crippen molar-refractivity contribution in [1.82, 2.24) is 25.5 Å². The summed E-state index contributed by atoms with van der Waals surface area (Å²) < 4.78 is 0. The summed E-state index contributed by atoms with van der Waals surface area (Å²) >= 11 is 1.58. The van der Waals surface area contributed by atoms with Gasteiger partial charge >= 0.3 is 0 Å². The Labute approximate surface area is 176 Å². The number of rotatable bonds is 7. The molecule has 2 heterocycles. The molecule has 8 nitrogen and oxygen atoms in total. The number of hydrogen-bond acceptors (Lipinski definition) is 6. The van der Waals surface area contributed by atoms with Gasteiger partial charge in [-0.1, -0.05) is 48.5 Å². The number of benzene rings is 2. The van der Waals surface area contributed by atoms with Gasteiger partial charge in [0.2, 0.25) is 17.6 Å². The van der Waals surface area contributed by atoms with E-state index in [1.54, 1.807) is 35.6 Å². The van der Waals surface area contributed by atoms with Crippen molar-refractivity contribution in [3.8, 4) is 11.4 Å². The van der Waals surface area contributed by atoms with Crippen LogP contribution in [0.3, 0.4) is 0 Å². The first-order valence-electron chi connectivity index (χ1n) is 9.16. The van der Waals surface area contributed by atoms with E-state index in [2.05, 4.69) is 20.7 Å². The Kier molecular flexibility index (Phi) is 5.62. The fourth-order valence-electron chi connectivity index (χ4n) is 2.96. The van der Waals surface area contributed by atoms with Gasteiger partial charge in [-0.25, -0.2) is 0 Å². The van der Waals surface area contributed by atoms with E-state index in [1.807, 2.05) is 47.8 Å². The molecule has 150 valence electrons. The lowest BCUT2D eigenvalue weighted by atomic mass is 10.1. The third-order valence-corrected chi connectivity index (χ3v) is 5.37. The SMILES string of the molecule is NC(=O)c1ccc(-c2nnn(CC(=O)N[C@@H](c3ccccc3)c3cccs3)n2)cc1. The van der Waals surface area contributed by atoms with Gasteiger partial charge in [0.25, 0.3) is 0 Å². The lowest BCUT2D eigenvalue weighted by Crippen LogP contribution is -2.32. The molecule has 0 unspecified atom stereocenters. The van der Waals surface area contributed by atoms with E-state index < -0.39 is 5.91 Å². The van der Waals surface area contributed by atoms with E-state index in [9.17, 15) is 9.59 Å². The van der Waals surface area contributed by atoms with E-state index in [0.717, 1.165) is 10.4 Å². The van der Waals surface area contributed by atoms with Crippen LogP contribution < -0.4 is 11.1 Å². The zero-order chi connectivity index (χ0) is 20.9. The standard InChI is InChI=1S/C21H18N6O2S/c22-20(29)15-8-10-16(11-9-15)21-24-26-27(25-21)13-18(28)23-19(17-7-4-12-30-17)14-5-2-1-3-6-14/h1-12,19H,13H2,(H2,22,29)(H,23,28)/t19-/m0/s1. The Bertz CT molecular complexity index is 1140. The average molecular weight is 418 g/mol. The summed E-state index contributed by atoms with van der Waals surface area (Å²) in [6.45, 7) is -0.0684. The van der Waals surface area contributed by atoms with Crippen LogP contribution in [-0.4, -0.2) is 32.0 Å². The molecule has 0 saturated carbocycles. The van der Waals surface area contributed by atoms with Crippen molar-refractivity contribution >= 4 is 23.2 Å². The van der Waals surface area contributed by atoms with Crippen LogP contribution >= 0.6 is 11.3 Å². The summed E-state index contributed by atoms with van der Waals surface area (Å²) in [4.78, 5) is 26.1. The maximum atomic E-state index is 12.7. The second kappa shape index (κ2) is 8.66. The smallest absolute Gasteiger partial charge is 0.248 e. The number of nitrogens with one attached hydrogen (secondary N) is 1. The van der Waals surface area contributed by atoms with Gasteiger partial charge in [-0.2, -0.15) is 4.80 Å². The number of carbonyl (C=O) groups is 2. The molecule has 0 aliphatic heterocycles. The van der Waals surface area contributed by atoms with E-state index in [1.165, 1.54) is 4.80 Å².